The number of fused-ring (bicyclic) bond motifs is 1. The van der Waals surface area contributed by atoms with Gasteiger partial charge in [0, 0.05) is 62.0 Å². The third-order valence-electron chi connectivity index (χ3n) is 5.23. The zero-order valence-corrected chi connectivity index (χ0v) is 15.3. The number of nitrogens with zero attached hydrogens (tertiary/aromatic N) is 4. The molecule has 26 heavy (non-hydrogen) atoms. The van der Waals surface area contributed by atoms with E-state index in [-0.39, 0.29) is 5.82 Å². The summed E-state index contributed by atoms with van der Waals surface area (Å²) < 4.78 is 18.5. The molecule has 1 saturated carbocycles. The Morgan fingerprint density at radius 3 is 2.65 bits per heavy atom. The Morgan fingerprint density at radius 2 is 1.88 bits per heavy atom. The molecule has 0 atom stereocenters. The van der Waals surface area contributed by atoms with Gasteiger partial charge in [-0.3, -0.25) is 9.80 Å². The third-order valence-corrected chi connectivity index (χ3v) is 6.28. The standard InChI is InChI=1S/C19H21FN4OS/c20-14-3-4-16-17(22-25-18(16)9-14)11-24-7-5-23(6-8-24)10-15-12-26-19(21-15)13-1-2-13/h3-4,9,12-13H,1-2,5-8,10-11H2. The minimum atomic E-state index is -0.291. The molecule has 1 saturated heterocycles. The van der Waals surface area contributed by atoms with Gasteiger partial charge in [-0.25, -0.2) is 9.37 Å². The van der Waals surface area contributed by atoms with Crippen LogP contribution in [-0.4, -0.2) is 46.1 Å². The Labute approximate surface area is 155 Å². The molecule has 136 valence electrons. The van der Waals surface area contributed by atoms with Crippen molar-refractivity contribution in [3.8, 4) is 0 Å². The zero-order valence-electron chi connectivity index (χ0n) is 14.5. The van der Waals surface area contributed by atoms with Crippen molar-refractivity contribution in [3.63, 3.8) is 0 Å². The highest BCUT2D eigenvalue weighted by Crippen LogP contribution is 2.41. The molecule has 1 aliphatic carbocycles. The fourth-order valence-electron chi connectivity index (χ4n) is 3.54. The second-order valence-corrected chi connectivity index (χ2v) is 8.16. The Kier molecular flexibility index (Phi) is 4.23. The SMILES string of the molecule is Fc1ccc2c(CN3CCN(Cc4csc(C5CC5)n4)CC3)noc2c1. The largest absolute Gasteiger partial charge is 0.356 e. The van der Waals surface area contributed by atoms with Gasteiger partial charge in [0.15, 0.2) is 5.58 Å². The van der Waals surface area contributed by atoms with E-state index in [4.69, 9.17) is 9.51 Å². The lowest BCUT2D eigenvalue weighted by Crippen LogP contribution is -2.45. The van der Waals surface area contributed by atoms with Gasteiger partial charge in [0.1, 0.15) is 11.5 Å². The van der Waals surface area contributed by atoms with Crippen LogP contribution >= 0.6 is 11.3 Å². The maximum atomic E-state index is 13.3. The van der Waals surface area contributed by atoms with Crippen LogP contribution in [0.1, 0.15) is 35.2 Å². The molecule has 0 radical (unpaired) electrons. The first-order valence-corrected chi connectivity index (χ1v) is 10.1. The highest BCUT2D eigenvalue weighted by Gasteiger charge is 2.27. The maximum Gasteiger partial charge on any atom is 0.170 e. The minimum absolute atomic E-state index is 0.291. The normalized spacial score (nSPS) is 19.4. The molecular formula is C19H21FN4OS. The predicted molar refractivity (Wildman–Crippen MR) is 98.6 cm³/mol. The number of thiazole rings is 1. The van der Waals surface area contributed by atoms with Gasteiger partial charge in [0.05, 0.1) is 10.7 Å². The van der Waals surface area contributed by atoms with Gasteiger partial charge in [-0.15, -0.1) is 11.3 Å². The molecule has 1 aliphatic heterocycles. The molecule has 1 aromatic carbocycles. The summed E-state index contributed by atoms with van der Waals surface area (Å²) in [5, 5.41) is 8.59. The number of halogens is 1. The van der Waals surface area contributed by atoms with E-state index < -0.39 is 0 Å². The maximum absolute atomic E-state index is 13.3. The van der Waals surface area contributed by atoms with Gasteiger partial charge in [-0.1, -0.05) is 5.16 Å². The summed E-state index contributed by atoms with van der Waals surface area (Å²) in [5.41, 5.74) is 2.63. The number of benzene rings is 1. The number of piperazine rings is 1. The highest BCUT2D eigenvalue weighted by atomic mass is 32.1. The number of aromatic nitrogens is 2. The van der Waals surface area contributed by atoms with Crippen LogP contribution in [0.3, 0.4) is 0 Å². The average Bonchev–Trinajstić information content (AvgIpc) is 3.28. The van der Waals surface area contributed by atoms with Crippen molar-refractivity contribution >= 4 is 22.3 Å². The predicted octanol–water partition coefficient (Wildman–Crippen LogP) is 3.62. The smallest absolute Gasteiger partial charge is 0.170 e. The fourth-order valence-corrected chi connectivity index (χ4v) is 4.52. The van der Waals surface area contributed by atoms with Crippen molar-refractivity contribution < 1.29 is 8.91 Å². The summed E-state index contributed by atoms with van der Waals surface area (Å²) in [6.45, 7) is 5.74. The van der Waals surface area contributed by atoms with Gasteiger partial charge in [-0.05, 0) is 25.0 Å². The first-order chi connectivity index (χ1) is 12.7. The van der Waals surface area contributed by atoms with E-state index in [1.54, 1.807) is 6.07 Å². The minimum Gasteiger partial charge on any atom is -0.356 e. The van der Waals surface area contributed by atoms with Crippen LogP contribution < -0.4 is 0 Å². The summed E-state index contributed by atoms with van der Waals surface area (Å²) in [6, 6.07) is 4.62. The average molecular weight is 372 g/mol. The van der Waals surface area contributed by atoms with Crippen molar-refractivity contribution in [3.05, 3.63) is 45.8 Å². The summed E-state index contributed by atoms with van der Waals surface area (Å²) in [4.78, 5) is 9.65. The topological polar surface area (TPSA) is 45.4 Å². The lowest BCUT2D eigenvalue weighted by Gasteiger charge is -2.33. The molecule has 2 fully saturated rings. The molecule has 0 bridgehead atoms. The lowest BCUT2D eigenvalue weighted by atomic mass is 10.2. The van der Waals surface area contributed by atoms with E-state index in [1.807, 2.05) is 11.3 Å². The highest BCUT2D eigenvalue weighted by molar-refractivity contribution is 7.09. The van der Waals surface area contributed by atoms with E-state index >= 15 is 0 Å². The Bertz CT molecular complexity index is 911. The van der Waals surface area contributed by atoms with Crippen LogP contribution in [0.25, 0.3) is 11.0 Å². The van der Waals surface area contributed by atoms with Crippen molar-refractivity contribution in [2.75, 3.05) is 26.2 Å². The van der Waals surface area contributed by atoms with Crippen molar-refractivity contribution in [1.82, 2.24) is 19.9 Å². The van der Waals surface area contributed by atoms with Gasteiger partial charge in [-0.2, -0.15) is 0 Å². The van der Waals surface area contributed by atoms with E-state index in [0.29, 0.717) is 5.58 Å². The molecule has 7 heteroatoms. The molecule has 0 amide bonds. The monoisotopic (exact) mass is 372 g/mol. The van der Waals surface area contributed by atoms with Crippen LogP contribution in [0.4, 0.5) is 4.39 Å². The molecular weight excluding hydrogens is 351 g/mol. The van der Waals surface area contributed by atoms with Crippen LogP contribution in [0.15, 0.2) is 28.1 Å². The number of hydrogen-bond donors (Lipinski definition) is 0. The first-order valence-electron chi connectivity index (χ1n) is 9.17. The Hall–Kier alpha value is -1.83. The first kappa shape index (κ1) is 16.4. The van der Waals surface area contributed by atoms with Gasteiger partial charge >= 0.3 is 0 Å². The second kappa shape index (κ2) is 6.72. The van der Waals surface area contributed by atoms with Gasteiger partial charge in [0.2, 0.25) is 0 Å². The molecule has 5 rings (SSSR count). The molecule has 3 heterocycles. The fraction of sp³-hybridized carbons (Fsp3) is 0.474. The summed E-state index contributed by atoms with van der Waals surface area (Å²) in [7, 11) is 0. The molecule has 2 aromatic heterocycles. The molecule has 0 N–H and O–H groups in total. The van der Waals surface area contributed by atoms with Gasteiger partial charge < -0.3 is 4.52 Å². The van der Waals surface area contributed by atoms with Crippen LogP contribution in [-0.2, 0) is 13.1 Å². The van der Waals surface area contributed by atoms with Crippen molar-refractivity contribution in [2.45, 2.75) is 31.8 Å². The number of hydrogen-bond acceptors (Lipinski definition) is 6. The summed E-state index contributed by atoms with van der Waals surface area (Å²) in [5.74, 6) is 0.456. The Balaban J connectivity index is 1.17. The molecule has 3 aromatic rings. The van der Waals surface area contributed by atoms with Gasteiger partial charge in [0.25, 0.3) is 0 Å². The van der Waals surface area contributed by atoms with Crippen LogP contribution in [0, 0.1) is 5.82 Å². The van der Waals surface area contributed by atoms with E-state index in [2.05, 4.69) is 20.3 Å². The van der Waals surface area contributed by atoms with E-state index in [1.165, 1.54) is 35.7 Å². The van der Waals surface area contributed by atoms with Crippen LogP contribution in [0.5, 0.6) is 0 Å². The second-order valence-electron chi connectivity index (χ2n) is 7.27. The van der Waals surface area contributed by atoms with Crippen LogP contribution in [0.2, 0.25) is 0 Å². The number of rotatable bonds is 5. The lowest BCUT2D eigenvalue weighted by molar-refractivity contribution is 0.119. The molecule has 2 aliphatic rings. The zero-order chi connectivity index (χ0) is 17.5. The summed E-state index contributed by atoms with van der Waals surface area (Å²) >= 11 is 1.82. The van der Waals surface area contributed by atoms with Crippen molar-refractivity contribution in [2.24, 2.45) is 0 Å². The van der Waals surface area contributed by atoms with E-state index in [0.717, 1.165) is 56.3 Å². The van der Waals surface area contributed by atoms with Crippen molar-refractivity contribution in [1.29, 1.82) is 0 Å². The molecule has 5 nitrogen and oxygen atoms in total. The quantitative estimate of drug-likeness (QED) is 0.685. The molecule has 0 spiro atoms. The third kappa shape index (κ3) is 3.39. The van der Waals surface area contributed by atoms with E-state index in [9.17, 15) is 4.39 Å². The summed E-state index contributed by atoms with van der Waals surface area (Å²) in [6.07, 6.45) is 2.63. The Morgan fingerprint density at radius 1 is 1.12 bits per heavy atom. The molecule has 0 unspecified atom stereocenters.